The molecular weight excluding hydrogens is 284 g/mol. The van der Waals surface area contributed by atoms with Crippen LogP contribution in [0.4, 0.5) is 0 Å². The van der Waals surface area contributed by atoms with Crippen LogP contribution in [0.25, 0.3) is 0 Å². The van der Waals surface area contributed by atoms with Gasteiger partial charge in [-0.3, -0.25) is 0 Å². The van der Waals surface area contributed by atoms with Gasteiger partial charge in [0.05, 0.1) is 4.90 Å². The van der Waals surface area contributed by atoms with Crippen molar-refractivity contribution in [3.05, 3.63) is 40.0 Å². The maximum atomic E-state index is 12.7. The summed E-state index contributed by atoms with van der Waals surface area (Å²) in [6.07, 6.45) is 2.96. The van der Waals surface area contributed by atoms with Crippen molar-refractivity contribution in [2.24, 2.45) is 0 Å². The Hall–Kier alpha value is -1.17. The monoisotopic (exact) mass is 308 g/mol. The second kappa shape index (κ2) is 6.30. The highest BCUT2D eigenvalue weighted by Gasteiger charge is 2.22. The molecule has 1 heterocycles. The van der Waals surface area contributed by atoms with E-state index in [0.717, 1.165) is 47.3 Å². The van der Waals surface area contributed by atoms with Gasteiger partial charge in [-0.25, -0.2) is 13.1 Å². The topological polar surface area (TPSA) is 58.2 Å². The van der Waals surface area contributed by atoms with E-state index in [9.17, 15) is 8.42 Å². The molecule has 116 valence electrons. The summed E-state index contributed by atoms with van der Waals surface area (Å²) < 4.78 is 28.1. The molecule has 21 heavy (non-hydrogen) atoms. The van der Waals surface area contributed by atoms with Gasteiger partial charge >= 0.3 is 0 Å². The van der Waals surface area contributed by atoms with E-state index in [4.69, 9.17) is 0 Å². The molecule has 0 aromatic heterocycles. The van der Waals surface area contributed by atoms with Crippen LogP contribution >= 0.6 is 0 Å². The number of sulfonamides is 1. The van der Waals surface area contributed by atoms with Gasteiger partial charge < -0.3 is 5.32 Å². The Balaban J connectivity index is 2.29. The minimum Gasteiger partial charge on any atom is -0.313 e. The van der Waals surface area contributed by atoms with Crippen molar-refractivity contribution in [1.82, 2.24) is 10.0 Å². The first kappa shape index (κ1) is 16.2. The predicted octanol–water partition coefficient (Wildman–Crippen LogP) is 2.12. The smallest absolute Gasteiger partial charge is 0.241 e. The molecule has 1 aliphatic heterocycles. The van der Waals surface area contributed by atoms with E-state index in [1.54, 1.807) is 0 Å². The third kappa shape index (κ3) is 3.54. The van der Waals surface area contributed by atoms with Crippen LogP contribution in [0, 0.1) is 27.7 Å². The minimum absolute atomic E-state index is 0.399. The van der Waals surface area contributed by atoms with Crippen molar-refractivity contribution >= 4 is 10.0 Å². The van der Waals surface area contributed by atoms with E-state index in [1.807, 2.05) is 33.8 Å². The normalized spacial score (nSPS) is 15.9. The summed E-state index contributed by atoms with van der Waals surface area (Å²) in [7, 11) is -3.48. The SMILES string of the molecule is Cc1cc(C)c(C)c(S(=O)(=O)NCC2=CCNCC2)c1C. The Kier molecular flexibility index (Phi) is 4.86. The first-order valence-electron chi connectivity index (χ1n) is 7.28. The average Bonchev–Trinajstić information content (AvgIpc) is 2.44. The van der Waals surface area contributed by atoms with Crippen LogP contribution in [0.1, 0.15) is 28.7 Å². The molecule has 0 unspecified atom stereocenters. The largest absolute Gasteiger partial charge is 0.313 e. The lowest BCUT2D eigenvalue weighted by Gasteiger charge is -2.18. The fourth-order valence-corrected chi connectivity index (χ4v) is 4.32. The van der Waals surface area contributed by atoms with E-state index >= 15 is 0 Å². The predicted molar refractivity (Wildman–Crippen MR) is 86.1 cm³/mol. The third-order valence-electron chi connectivity index (χ3n) is 4.21. The van der Waals surface area contributed by atoms with E-state index in [2.05, 4.69) is 16.1 Å². The first-order chi connectivity index (χ1) is 9.83. The number of hydrogen-bond donors (Lipinski definition) is 2. The molecule has 0 atom stereocenters. The fraction of sp³-hybridized carbons (Fsp3) is 0.500. The van der Waals surface area contributed by atoms with Gasteiger partial charge in [0.25, 0.3) is 0 Å². The Morgan fingerprint density at radius 3 is 2.29 bits per heavy atom. The molecule has 2 rings (SSSR count). The molecule has 1 aliphatic rings. The summed E-state index contributed by atoms with van der Waals surface area (Å²) in [4.78, 5) is 0.439. The van der Waals surface area contributed by atoms with E-state index in [-0.39, 0.29) is 0 Å². The zero-order valence-electron chi connectivity index (χ0n) is 13.2. The highest BCUT2D eigenvalue weighted by Crippen LogP contribution is 2.26. The third-order valence-corrected chi connectivity index (χ3v) is 5.89. The van der Waals surface area contributed by atoms with Crippen molar-refractivity contribution in [2.45, 2.75) is 39.0 Å². The lowest BCUT2D eigenvalue weighted by Crippen LogP contribution is -2.30. The molecule has 5 heteroatoms. The standard InChI is InChI=1S/C16H24N2O2S/c1-11-9-12(2)14(4)16(13(11)3)21(19,20)18-10-15-5-7-17-8-6-15/h5,9,17-18H,6-8,10H2,1-4H3. The molecule has 0 spiro atoms. The molecule has 1 aromatic rings. The van der Waals surface area contributed by atoms with Crippen LogP contribution in [0.5, 0.6) is 0 Å². The Bertz CT molecular complexity index is 650. The van der Waals surface area contributed by atoms with Gasteiger partial charge in [-0.05, 0) is 62.9 Å². The van der Waals surface area contributed by atoms with Crippen molar-refractivity contribution < 1.29 is 8.42 Å². The van der Waals surface area contributed by atoms with Crippen LogP contribution in [0.2, 0.25) is 0 Å². The highest BCUT2D eigenvalue weighted by molar-refractivity contribution is 7.89. The second-order valence-corrected chi connectivity index (χ2v) is 7.43. The maximum Gasteiger partial charge on any atom is 0.241 e. The van der Waals surface area contributed by atoms with Gasteiger partial charge in [-0.1, -0.05) is 17.7 Å². The molecule has 0 saturated heterocycles. The Morgan fingerprint density at radius 2 is 1.76 bits per heavy atom. The first-order valence-corrected chi connectivity index (χ1v) is 8.77. The van der Waals surface area contributed by atoms with Crippen LogP contribution in [0.3, 0.4) is 0 Å². The quantitative estimate of drug-likeness (QED) is 0.838. The molecule has 0 fully saturated rings. The molecule has 0 aliphatic carbocycles. The molecule has 1 aromatic carbocycles. The van der Waals surface area contributed by atoms with Crippen LogP contribution in [-0.4, -0.2) is 28.1 Å². The molecule has 0 saturated carbocycles. The van der Waals surface area contributed by atoms with Gasteiger partial charge in [0, 0.05) is 13.1 Å². The second-order valence-electron chi connectivity index (χ2n) is 5.73. The van der Waals surface area contributed by atoms with E-state index < -0.39 is 10.0 Å². The number of hydrogen-bond acceptors (Lipinski definition) is 3. The summed E-state index contributed by atoms with van der Waals surface area (Å²) in [6.45, 7) is 9.79. The van der Waals surface area contributed by atoms with Crippen molar-refractivity contribution in [1.29, 1.82) is 0 Å². The van der Waals surface area contributed by atoms with Gasteiger partial charge in [0.15, 0.2) is 0 Å². The minimum atomic E-state index is -3.48. The fourth-order valence-electron chi connectivity index (χ4n) is 2.67. The summed E-state index contributed by atoms with van der Waals surface area (Å²) in [5.74, 6) is 0. The van der Waals surface area contributed by atoms with E-state index in [1.165, 1.54) is 0 Å². The maximum absolute atomic E-state index is 12.7. The van der Waals surface area contributed by atoms with Crippen molar-refractivity contribution in [2.75, 3.05) is 19.6 Å². The molecule has 4 nitrogen and oxygen atoms in total. The van der Waals surface area contributed by atoms with E-state index in [0.29, 0.717) is 11.4 Å². The zero-order valence-corrected chi connectivity index (χ0v) is 14.0. The van der Waals surface area contributed by atoms with Crippen molar-refractivity contribution in [3.8, 4) is 0 Å². The number of nitrogens with one attached hydrogen (secondary N) is 2. The Labute approximate surface area is 127 Å². The lowest BCUT2D eigenvalue weighted by atomic mass is 10.0. The summed E-state index contributed by atoms with van der Waals surface area (Å²) in [5, 5.41) is 3.22. The van der Waals surface area contributed by atoms with Crippen LogP contribution in [-0.2, 0) is 10.0 Å². The van der Waals surface area contributed by atoms with Crippen LogP contribution in [0.15, 0.2) is 22.6 Å². The summed E-state index contributed by atoms with van der Waals surface area (Å²) in [6, 6.07) is 2.04. The van der Waals surface area contributed by atoms with Gasteiger partial charge in [-0.2, -0.15) is 0 Å². The average molecular weight is 308 g/mol. The molecule has 0 radical (unpaired) electrons. The molecule has 2 N–H and O–H groups in total. The highest BCUT2D eigenvalue weighted by atomic mass is 32.2. The summed E-state index contributed by atoms with van der Waals surface area (Å²) in [5.41, 5.74) is 4.85. The number of aryl methyl sites for hydroxylation is 2. The Morgan fingerprint density at radius 1 is 1.14 bits per heavy atom. The lowest BCUT2D eigenvalue weighted by molar-refractivity contribution is 0.580. The number of benzene rings is 1. The summed E-state index contributed by atoms with van der Waals surface area (Å²) >= 11 is 0. The molecule has 0 bridgehead atoms. The van der Waals surface area contributed by atoms with Crippen LogP contribution < -0.4 is 10.0 Å². The van der Waals surface area contributed by atoms with Gasteiger partial charge in [0.1, 0.15) is 0 Å². The van der Waals surface area contributed by atoms with Gasteiger partial charge in [-0.15, -0.1) is 0 Å². The number of rotatable bonds is 4. The van der Waals surface area contributed by atoms with Gasteiger partial charge in [0.2, 0.25) is 10.0 Å². The zero-order chi connectivity index (χ0) is 15.6. The molecule has 0 amide bonds. The molecular formula is C16H24N2O2S. The van der Waals surface area contributed by atoms with Crippen molar-refractivity contribution in [3.63, 3.8) is 0 Å².